The molecule has 2 aromatic rings. The lowest BCUT2D eigenvalue weighted by atomic mass is 10.1. The monoisotopic (exact) mass is 455 g/mol. The lowest BCUT2D eigenvalue weighted by Crippen LogP contribution is -2.03. The quantitative estimate of drug-likeness (QED) is 0.508. The molecule has 0 atom stereocenters. The smallest absolute Gasteiger partial charge is 0.317 e. The summed E-state index contributed by atoms with van der Waals surface area (Å²) in [6.07, 6.45) is 0.943. The van der Waals surface area contributed by atoms with E-state index in [2.05, 4.69) is 30.7 Å². The number of rotatable bonds is 4. The van der Waals surface area contributed by atoms with Crippen LogP contribution in [-0.4, -0.2) is 28.2 Å². The summed E-state index contributed by atoms with van der Waals surface area (Å²) >= 11 is 11.9. The molecular formula is C11H9Cl4NO6S2. The van der Waals surface area contributed by atoms with Crippen LogP contribution in [0.15, 0.2) is 28.8 Å². The Labute approximate surface area is 157 Å². The molecule has 134 valence electrons. The first-order valence-electron chi connectivity index (χ1n) is 5.75. The fourth-order valence-electron chi connectivity index (χ4n) is 1.37. The summed E-state index contributed by atoms with van der Waals surface area (Å²) in [6.45, 7) is -0.276. The molecule has 0 fully saturated rings. The molecule has 0 radical (unpaired) electrons. The van der Waals surface area contributed by atoms with E-state index in [1.807, 2.05) is 0 Å². The van der Waals surface area contributed by atoms with Crippen LogP contribution >= 0.6 is 44.6 Å². The van der Waals surface area contributed by atoms with Gasteiger partial charge in [-0.2, -0.15) is 16.8 Å². The van der Waals surface area contributed by atoms with Gasteiger partial charge in [-0.1, -0.05) is 40.5 Å². The van der Waals surface area contributed by atoms with Gasteiger partial charge in [-0.3, -0.25) is 4.18 Å². The molecule has 0 bridgehead atoms. The summed E-state index contributed by atoms with van der Waals surface area (Å²) < 4.78 is 49.8. The Hall–Kier alpha value is -0.550. The highest BCUT2D eigenvalue weighted by atomic mass is 36.0. The zero-order valence-corrected chi connectivity index (χ0v) is 16.4. The van der Waals surface area contributed by atoms with Crippen molar-refractivity contribution >= 4 is 62.9 Å². The van der Waals surface area contributed by atoms with Crippen molar-refractivity contribution in [1.82, 2.24) is 5.16 Å². The van der Waals surface area contributed by atoms with Crippen molar-refractivity contribution in [1.29, 1.82) is 0 Å². The maximum atomic E-state index is 10.9. The molecule has 0 saturated carbocycles. The summed E-state index contributed by atoms with van der Waals surface area (Å²) in [5.74, 6) is 0.316. The van der Waals surface area contributed by atoms with E-state index in [4.69, 9.17) is 36.1 Å². The van der Waals surface area contributed by atoms with Crippen LogP contribution in [0.5, 0.6) is 0 Å². The maximum Gasteiger partial charge on any atom is 0.317 e. The van der Waals surface area contributed by atoms with Gasteiger partial charge in [0, 0.05) is 32.0 Å². The molecule has 2 rings (SSSR count). The third kappa shape index (κ3) is 8.52. The molecule has 0 aliphatic carbocycles. The predicted octanol–water partition coefficient (Wildman–Crippen LogP) is 3.83. The van der Waals surface area contributed by atoms with E-state index >= 15 is 0 Å². The fraction of sp³-hybridized carbons (Fsp3) is 0.182. The number of aromatic nitrogens is 1. The van der Waals surface area contributed by atoms with E-state index in [1.54, 1.807) is 24.3 Å². The zero-order chi connectivity index (χ0) is 18.5. The van der Waals surface area contributed by atoms with Gasteiger partial charge in [0.15, 0.2) is 5.76 Å². The Morgan fingerprint density at radius 2 is 1.75 bits per heavy atom. The van der Waals surface area contributed by atoms with Gasteiger partial charge in [-0.05, 0) is 12.1 Å². The van der Waals surface area contributed by atoms with E-state index in [9.17, 15) is 8.42 Å². The molecule has 0 amide bonds. The molecule has 1 aromatic carbocycles. The minimum Gasteiger partial charge on any atom is -0.354 e. The van der Waals surface area contributed by atoms with Crippen molar-refractivity contribution in [2.24, 2.45) is 0 Å². The van der Waals surface area contributed by atoms with Gasteiger partial charge >= 0.3 is 8.26 Å². The second-order valence-corrected chi connectivity index (χ2v) is 10.3. The van der Waals surface area contributed by atoms with Crippen LogP contribution in [0.25, 0.3) is 11.3 Å². The van der Waals surface area contributed by atoms with Crippen LogP contribution in [0.2, 0.25) is 10.0 Å². The Morgan fingerprint density at radius 1 is 1.17 bits per heavy atom. The van der Waals surface area contributed by atoms with Gasteiger partial charge in [-0.15, -0.1) is 0 Å². The summed E-state index contributed by atoms with van der Waals surface area (Å²) in [6, 6.07) is 6.86. The Balaban J connectivity index is 0.000000505. The lowest BCUT2D eigenvalue weighted by Gasteiger charge is -1.98. The second-order valence-electron chi connectivity index (χ2n) is 4.13. The fourth-order valence-corrected chi connectivity index (χ4v) is 2.12. The van der Waals surface area contributed by atoms with E-state index in [0.29, 0.717) is 16.3 Å². The van der Waals surface area contributed by atoms with Crippen LogP contribution in [0.4, 0.5) is 0 Å². The first-order chi connectivity index (χ1) is 10.9. The number of hydrogen-bond donors (Lipinski definition) is 0. The highest BCUT2D eigenvalue weighted by Gasteiger charge is 2.17. The van der Waals surface area contributed by atoms with Crippen molar-refractivity contribution in [3.8, 4) is 11.3 Å². The molecular weight excluding hydrogens is 448 g/mol. The molecule has 0 saturated heterocycles. The standard InChI is InChI=1S/C11H9Cl2NO4S.Cl2O2S/c1-19(15,16)17-6-9-10(13)11(18-14-9)7-3-2-4-8(12)5-7;1-5(2,3)4/h2-5H,6H2,1H3;. The lowest BCUT2D eigenvalue weighted by molar-refractivity contribution is 0.296. The van der Waals surface area contributed by atoms with E-state index < -0.39 is 18.4 Å². The number of benzene rings is 1. The summed E-state index contributed by atoms with van der Waals surface area (Å²) in [5, 5.41) is 4.41. The van der Waals surface area contributed by atoms with Crippen LogP contribution in [0.1, 0.15) is 5.69 Å². The number of halogens is 4. The Kier molecular flexibility index (Phi) is 7.79. The highest BCUT2D eigenvalue weighted by Crippen LogP contribution is 2.32. The van der Waals surface area contributed by atoms with Crippen molar-refractivity contribution in [3.05, 3.63) is 40.0 Å². The van der Waals surface area contributed by atoms with Crippen molar-refractivity contribution in [3.63, 3.8) is 0 Å². The summed E-state index contributed by atoms with van der Waals surface area (Å²) in [5.41, 5.74) is 0.859. The van der Waals surface area contributed by atoms with E-state index in [0.717, 1.165) is 6.26 Å². The third-order valence-electron chi connectivity index (χ3n) is 2.20. The Bertz CT molecular complexity index is 902. The van der Waals surface area contributed by atoms with Gasteiger partial charge in [0.2, 0.25) is 0 Å². The largest absolute Gasteiger partial charge is 0.354 e. The van der Waals surface area contributed by atoms with Crippen molar-refractivity contribution < 1.29 is 25.5 Å². The van der Waals surface area contributed by atoms with Crippen LogP contribution in [0.3, 0.4) is 0 Å². The molecule has 0 N–H and O–H groups in total. The van der Waals surface area contributed by atoms with Crippen LogP contribution in [-0.2, 0) is 29.2 Å². The first kappa shape index (κ1) is 21.5. The van der Waals surface area contributed by atoms with Crippen LogP contribution in [0, 0.1) is 0 Å². The average Bonchev–Trinajstić information content (AvgIpc) is 2.75. The zero-order valence-electron chi connectivity index (χ0n) is 11.7. The van der Waals surface area contributed by atoms with Crippen LogP contribution < -0.4 is 0 Å². The van der Waals surface area contributed by atoms with Crippen molar-refractivity contribution in [2.45, 2.75) is 6.61 Å². The summed E-state index contributed by atoms with van der Waals surface area (Å²) in [4.78, 5) is 0. The summed E-state index contributed by atoms with van der Waals surface area (Å²) in [7, 11) is 1.25. The number of nitrogens with zero attached hydrogens (tertiary/aromatic N) is 1. The SMILES string of the molecule is CS(=O)(=O)OCc1noc(-c2cccc(Cl)c2)c1Cl.O=S(=O)(Cl)Cl. The number of hydrogen-bond acceptors (Lipinski definition) is 7. The molecule has 1 heterocycles. The van der Waals surface area contributed by atoms with Gasteiger partial charge in [-0.25, -0.2) is 0 Å². The van der Waals surface area contributed by atoms with Gasteiger partial charge in [0.1, 0.15) is 17.3 Å². The molecule has 24 heavy (non-hydrogen) atoms. The third-order valence-corrected chi connectivity index (χ3v) is 3.37. The van der Waals surface area contributed by atoms with Gasteiger partial charge < -0.3 is 4.52 Å². The highest BCUT2D eigenvalue weighted by molar-refractivity contribution is 8.31. The minimum atomic E-state index is -3.72. The van der Waals surface area contributed by atoms with Crippen molar-refractivity contribution in [2.75, 3.05) is 6.26 Å². The predicted molar refractivity (Wildman–Crippen MR) is 92.2 cm³/mol. The molecule has 7 nitrogen and oxygen atoms in total. The normalized spacial score (nSPS) is 11.7. The average molecular weight is 457 g/mol. The molecule has 0 aliphatic rings. The molecule has 0 spiro atoms. The van der Waals surface area contributed by atoms with Gasteiger partial charge in [0.25, 0.3) is 10.1 Å². The maximum absolute atomic E-state index is 10.9. The molecule has 0 unspecified atom stereocenters. The minimum absolute atomic E-state index is 0.200. The van der Waals surface area contributed by atoms with E-state index in [1.165, 1.54) is 0 Å². The first-order valence-corrected chi connectivity index (χ1v) is 11.5. The second kappa shape index (κ2) is 8.70. The molecule has 13 heteroatoms. The molecule has 1 aromatic heterocycles. The Morgan fingerprint density at radius 3 is 2.25 bits per heavy atom. The molecule has 0 aliphatic heterocycles. The van der Waals surface area contributed by atoms with E-state index in [-0.39, 0.29) is 17.3 Å². The van der Waals surface area contributed by atoms with Gasteiger partial charge in [0.05, 0.1) is 6.26 Å². The topological polar surface area (TPSA) is 104 Å².